The molecular weight excluding hydrogens is 218 g/mol. The van der Waals surface area contributed by atoms with Gasteiger partial charge in [0.2, 0.25) is 5.91 Å². The predicted molar refractivity (Wildman–Crippen MR) is 67.7 cm³/mol. The molecular formula is C12H25N3O2. The number of hydrogen-bond acceptors (Lipinski definition) is 4. The Balaban J connectivity index is 2.42. The molecule has 0 radical (unpaired) electrons. The summed E-state index contributed by atoms with van der Waals surface area (Å²) in [5.41, 5.74) is 5.77. The van der Waals surface area contributed by atoms with E-state index in [-0.39, 0.29) is 18.0 Å². The Morgan fingerprint density at radius 2 is 2.18 bits per heavy atom. The summed E-state index contributed by atoms with van der Waals surface area (Å²) in [6.07, 6.45) is 1.50. The minimum atomic E-state index is 0.0839. The van der Waals surface area contributed by atoms with Gasteiger partial charge in [-0.2, -0.15) is 0 Å². The van der Waals surface area contributed by atoms with E-state index < -0.39 is 0 Å². The quantitative estimate of drug-likeness (QED) is 0.710. The summed E-state index contributed by atoms with van der Waals surface area (Å²) in [7, 11) is 0. The molecule has 5 heteroatoms. The zero-order valence-electron chi connectivity index (χ0n) is 10.9. The van der Waals surface area contributed by atoms with Crippen LogP contribution in [0.5, 0.6) is 0 Å². The standard InChI is InChI=1S/C12H25N3O2/c1-10(2)14-12(16)8-11(9-13)15-4-3-6-17-7-5-15/h10-11H,3-9,13H2,1-2H3,(H,14,16). The highest BCUT2D eigenvalue weighted by Crippen LogP contribution is 2.07. The topological polar surface area (TPSA) is 67.6 Å². The zero-order valence-corrected chi connectivity index (χ0v) is 10.9. The van der Waals surface area contributed by atoms with Crippen LogP contribution in [0.25, 0.3) is 0 Å². The average Bonchev–Trinajstić information content (AvgIpc) is 2.53. The van der Waals surface area contributed by atoms with Gasteiger partial charge in [0.1, 0.15) is 0 Å². The molecule has 0 spiro atoms. The van der Waals surface area contributed by atoms with Crippen molar-refractivity contribution in [1.82, 2.24) is 10.2 Å². The monoisotopic (exact) mass is 243 g/mol. The molecule has 0 saturated carbocycles. The molecule has 5 nitrogen and oxygen atoms in total. The van der Waals surface area contributed by atoms with Crippen molar-refractivity contribution in [3.05, 3.63) is 0 Å². The van der Waals surface area contributed by atoms with E-state index in [1.54, 1.807) is 0 Å². The van der Waals surface area contributed by atoms with Crippen LogP contribution in [-0.2, 0) is 9.53 Å². The van der Waals surface area contributed by atoms with Crippen LogP contribution in [-0.4, -0.2) is 55.7 Å². The van der Waals surface area contributed by atoms with Crippen molar-refractivity contribution in [2.24, 2.45) is 5.73 Å². The fourth-order valence-electron chi connectivity index (χ4n) is 2.09. The van der Waals surface area contributed by atoms with Crippen LogP contribution in [0.3, 0.4) is 0 Å². The maximum absolute atomic E-state index is 11.7. The Morgan fingerprint density at radius 1 is 1.41 bits per heavy atom. The fraction of sp³-hybridized carbons (Fsp3) is 0.917. The van der Waals surface area contributed by atoms with Crippen LogP contribution < -0.4 is 11.1 Å². The summed E-state index contributed by atoms with van der Waals surface area (Å²) < 4.78 is 5.41. The average molecular weight is 243 g/mol. The molecule has 17 heavy (non-hydrogen) atoms. The van der Waals surface area contributed by atoms with Gasteiger partial charge in [0, 0.05) is 44.7 Å². The lowest BCUT2D eigenvalue weighted by Crippen LogP contribution is -2.45. The van der Waals surface area contributed by atoms with E-state index in [2.05, 4.69) is 10.2 Å². The van der Waals surface area contributed by atoms with Crippen LogP contribution in [0.1, 0.15) is 26.7 Å². The molecule has 0 aliphatic carbocycles. The van der Waals surface area contributed by atoms with Gasteiger partial charge in [0.15, 0.2) is 0 Å². The Bertz CT molecular complexity index is 226. The third-order valence-electron chi connectivity index (χ3n) is 2.92. The molecule has 100 valence electrons. The molecule has 1 heterocycles. The van der Waals surface area contributed by atoms with Gasteiger partial charge < -0.3 is 15.8 Å². The summed E-state index contributed by atoms with van der Waals surface area (Å²) in [5, 5.41) is 2.91. The maximum Gasteiger partial charge on any atom is 0.221 e. The first kappa shape index (κ1) is 14.4. The summed E-state index contributed by atoms with van der Waals surface area (Å²) in [4.78, 5) is 14.0. The molecule has 1 rings (SSSR count). The van der Waals surface area contributed by atoms with Crippen LogP contribution in [0.2, 0.25) is 0 Å². The van der Waals surface area contributed by atoms with Gasteiger partial charge in [-0.3, -0.25) is 9.69 Å². The van der Waals surface area contributed by atoms with Gasteiger partial charge in [0.25, 0.3) is 0 Å². The second-order valence-electron chi connectivity index (χ2n) is 4.82. The number of carbonyl (C=O) groups excluding carboxylic acids is 1. The van der Waals surface area contributed by atoms with Gasteiger partial charge >= 0.3 is 0 Å². The smallest absolute Gasteiger partial charge is 0.221 e. The first-order chi connectivity index (χ1) is 8.13. The van der Waals surface area contributed by atoms with Crippen LogP contribution in [0.15, 0.2) is 0 Å². The third kappa shape index (κ3) is 5.48. The highest BCUT2D eigenvalue weighted by Gasteiger charge is 2.21. The number of nitrogens with two attached hydrogens (primary N) is 1. The molecule has 3 N–H and O–H groups in total. The number of ether oxygens (including phenoxy) is 1. The van der Waals surface area contributed by atoms with Crippen molar-refractivity contribution in [3.8, 4) is 0 Å². The second-order valence-corrected chi connectivity index (χ2v) is 4.82. The molecule has 0 bridgehead atoms. The van der Waals surface area contributed by atoms with Gasteiger partial charge in [-0.15, -0.1) is 0 Å². The molecule has 1 aliphatic heterocycles. The van der Waals surface area contributed by atoms with Crippen molar-refractivity contribution in [3.63, 3.8) is 0 Å². The molecule has 1 fully saturated rings. The van der Waals surface area contributed by atoms with E-state index >= 15 is 0 Å². The van der Waals surface area contributed by atoms with Crippen molar-refractivity contribution in [1.29, 1.82) is 0 Å². The summed E-state index contributed by atoms with van der Waals surface area (Å²) >= 11 is 0. The molecule has 0 aromatic rings. The molecule has 0 aromatic carbocycles. The Hall–Kier alpha value is -0.650. The van der Waals surface area contributed by atoms with Gasteiger partial charge in [0.05, 0.1) is 6.61 Å². The Morgan fingerprint density at radius 3 is 2.82 bits per heavy atom. The van der Waals surface area contributed by atoms with E-state index in [0.29, 0.717) is 13.0 Å². The molecule has 1 atom stereocenters. The van der Waals surface area contributed by atoms with E-state index in [1.807, 2.05) is 13.8 Å². The maximum atomic E-state index is 11.7. The van der Waals surface area contributed by atoms with Crippen LogP contribution in [0.4, 0.5) is 0 Å². The van der Waals surface area contributed by atoms with E-state index in [1.165, 1.54) is 0 Å². The molecule has 1 unspecified atom stereocenters. The van der Waals surface area contributed by atoms with E-state index in [9.17, 15) is 4.79 Å². The van der Waals surface area contributed by atoms with E-state index in [4.69, 9.17) is 10.5 Å². The van der Waals surface area contributed by atoms with Gasteiger partial charge in [-0.25, -0.2) is 0 Å². The minimum absolute atomic E-state index is 0.0839. The zero-order chi connectivity index (χ0) is 12.7. The highest BCUT2D eigenvalue weighted by molar-refractivity contribution is 5.76. The molecule has 0 aromatic heterocycles. The van der Waals surface area contributed by atoms with Crippen molar-refractivity contribution >= 4 is 5.91 Å². The normalized spacial score (nSPS) is 20.0. The Labute approximate surface area is 104 Å². The second kappa shape index (κ2) is 7.63. The molecule has 1 aliphatic rings. The van der Waals surface area contributed by atoms with Crippen LogP contribution in [0, 0.1) is 0 Å². The molecule has 1 amide bonds. The first-order valence-corrected chi connectivity index (χ1v) is 6.44. The fourth-order valence-corrected chi connectivity index (χ4v) is 2.09. The number of nitrogens with one attached hydrogen (secondary N) is 1. The third-order valence-corrected chi connectivity index (χ3v) is 2.92. The van der Waals surface area contributed by atoms with Crippen molar-refractivity contribution in [2.45, 2.75) is 38.8 Å². The van der Waals surface area contributed by atoms with Crippen LogP contribution >= 0.6 is 0 Å². The van der Waals surface area contributed by atoms with Gasteiger partial charge in [-0.05, 0) is 20.3 Å². The van der Waals surface area contributed by atoms with Gasteiger partial charge in [-0.1, -0.05) is 0 Å². The first-order valence-electron chi connectivity index (χ1n) is 6.44. The number of hydrogen-bond donors (Lipinski definition) is 2. The predicted octanol–water partition coefficient (Wildman–Crippen LogP) is -0.0493. The SMILES string of the molecule is CC(C)NC(=O)CC(CN)N1CCCOCC1. The number of amides is 1. The summed E-state index contributed by atoms with van der Waals surface area (Å²) in [6, 6.07) is 0.323. The lowest BCUT2D eigenvalue weighted by atomic mass is 10.1. The highest BCUT2D eigenvalue weighted by atomic mass is 16.5. The lowest BCUT2D eigenvalue weighted by Gasteiger charge is -2.28. The van der Waals surface area contributed by atoms with Crippen molar-refractivity contribution in [2.75, 3.05) is 32.8 Å². The van der Waals surface area contributed by atoms with E-state index in [0.717, 1.165) is 32.7 Å². The number of rotatable bonds is 5. The minimum Gasteiger partial charge on any atom is -0.380 e. The molecule has 1 saturated heterocycles. The number of carbonyl (C=O) groups is 1. The Kier molecular flexibility index (Phi) is 6.47. The lowest BCUT2D eigenvalue weighted by molar-refractivity contribution is -0.122. The number of nitrogens with zero attached hydrogens (tertiary/aromatic N) is 1. The van der Waals surface area contributed by atoms with Crippen molar-refractivity contribution < 1.29 is 9.53 Å². The summed E-state index contributed by atoms with van der Waals surface area (Å²) in [5.74, 6) is 0.0839. The summed E-state index contributed by atoms with van der Waals surface area (Å²) in [6.45, 7) is 7.84. The largest absolute Gasteiger partial charge is 0.380 e.